The lowest BCUT2D eigenvalue weighted by molar-refractivity contribution is -0.380. The van der Waals surface area contributed by atoms with Gasteiger partial charge in [0.25, 0.3) is 5.91 Å². The predicted octanol–water partition coefficient (Wildman–Crippen LogP) is 2.63. The molecule has 8 heteroatoms. The minimum absolute atomic E-state index is 0.104. The van der Waals surface area contributed by atoms with Crippen LogP contribution in [0.15, 0.2) is 36.4 Å². The fraction of sp³-hybridized carbons (Fsp3) is 0.0769. The summed E-state index contributed by atoms with van der Waals surface area (Å²) in [7, 11) is 1.52. The fourth-order valence-electron chi connectivity index (χ4n) is 1.65. The molecule has 0 atom stereocenters. The lowest BCUT2D eigenvalue weighted by atomic mass is 10.2. The smallest absolute Gasteiger partial charge is 0.335 e. The third-order valence-electron chi connectivity index (χ3n) is 2.79. The van der Waals surface area contributed by atoms with Crippen LogP contribution in [0.4, 0.5) is 10.7 Å². The molecule has 0 saturated carbocycles. The maximum Gasteiger partial charge on any atom is 0.335 e. The van der Waals surface area contributed by atoms with Crippen LogP contribution in [0.25, 0.3) is 0 Å². The third-order valence-corrected chi connectivity index (χ3v) is 3.81. The highest BCUT2D eigenvalue weighted by atomic mass is 32.1. The Kier molecular flexibility index (Phi) is 3.99. The zero-order chi connectivity index (χ0) is 15.6. The molecule has 0 fully saturated rings. The number of hydrogen-bond acceptors (Lipinski definition) is 5. The molecule has 0 radical (unpaired) electrons. The Balaban J connectivity index is 2.21. The molecule has 0 aliphatic heterocycles. The van der Waals surface area contributed by atoms with Crippen LogP contribution in [0.3, 0.4) is 0 Å². The highest BCUT2D eigenvalue weighted by molar-refractivity contribution is 7.17. The van der Waals surface area contributed by atoms with Crippen molar-refractivity contribution in [3.05, 3.63) is 57.0 Å². The van der Waals surface area contributed by atoms with Crippen LogP contribution in [0.2, 0.25) is 0 Å². The summed E-state index contributed by atoms with van der Waals surface area (Å²) < 4.78 is 0. The lowest BCUT2D eigenvalue weighted by Crippen LogP contribution is -2.25. The van der Waals surface area contributed by atoms with E-state index in [0.29, 0.717) is 5.69 Å². The standard InChI is InChI=1S/C13H10N2O5S/c1-14(9-4-2-8(3-5-9)13(17)18)12(16)10-6-7-11(21-10)15(19)20/h2-7H,1H3,(H,17,18). The number of benzene rings is 1. The second-order valence-electron chi connectivity index (χ2n) is 4.11. The van der Waals surface area contributed by atoms with Crippen LogP contribution in [0.5, 0.6) is 0 Å². The average Bonchev–Trinajstić information content (AvgIpc) is 2.96. The Morgan fingerprint density at radius 3 is 2.29 bits per heavy atom. The maximum atomic E-state index is 12.2. The second-order valence-corrected chi connectivity index (χ2v) is 5.17. The van der Waals surface area contributed by atoms with Gasteiger partial charge in [-0.1, -0.05) is 11.3 Å². The first-order chi connectivity index (χ1) is 9.90. The van der Waals surface area contributed by atoms with Crippen molar-refractivity contribution in [1.82, 2.24) is 0 Å². The Bertz CT molecular complexity index is 708. The molecule has 1 aromatic carbocycles. The van der Waals surface area contributed by atoms with Crippen LogP contribution in [-0.2, 0) is 0 Å². The molecular weight excluding hydrogens is 296 g/mol. The number of carbonyl (C=O) groups is 2. The molecule has 1 aromatic heterocycles. The predicted molar refractivity (Wildman–Crippen MR) is 77.1 cm³/mol. The molecule has 0 saturated heterocycles. The molecule has 108 valence electrons. The van der Waals surface area contributed by atoms with Crippen molar-refractivity contribution in [3.63, 3.8) is 0 Å². The maximum absolute atomic E-state index is 12.2. The molecule has 2 rings (SSSR count). The summed E-state index contributed by atoms with van der Waals surface area (Å²) in [4.78, 5) is 34.6. The minimum atomic E-state index is -1.05. The molecule has 1 N–H and O–H groups in total. The van der Waals surface area contributed by atoms with Crippen molar-refractivity contribution in [2.75, 3.05) is 11.9 Å². The molecule has 1 heterocycles. The fourth-order valence-corrected chi connectivity index (χ4v) is 2.45. The molecule has 2 aromatic rings. The van der Waals surface area contributed by atoms with Crippen LogP contribution in [0.1, 0.15) is 20.0 Å². The van der Waals surface area contributed by atoms with Gasteiger partial charge in [0.15, 0.2) is 0 Å². The number of carboxylic acid groups (broad SMARTS) is 1. The average molecular weight is 306 g/mol. The first-order valence-electron chi connectivity index (χ1n) is 5.76. The van der Waals surface area contributed by atoms with Crippen molar-refractivity contribution in [1.29, 1.82) is 0 Å². The van der Waals surface area contributed by atoms with Gasteiger partial charge in [-0.15, -0.1) is 0 Å². The number of anilines is 1. The van der Waals surface area contributed by atoms with Gasteiger partial charge in [0.05, 0.1) is 15.4 Å². The highest BCUT2D eigenvalue weighted by Gasteiger charge is 2.19. The first kappa shape index (κ1) is 14.7. The number of nitrogens with zero attached hydrogens (tertiary/aromatic N) is 2. The second kappa shape index (κ2) is 5.71. The summed E-state index contributed by atoms with van der Waals surface area (Å²) in [6, 6.07) is 8.45. The Hall–Kier alpha value is -2.74. The molecule has 0 unspecified atom stereocenters. The number of rotatable bonds is 4. The third kappa shape index (κ3) is 3.06. The summed E-state index contributed by atoms with van der Waals surface area (Å²) in [5.41, 5.74) is 0.618. The van der Waals surface area contributed by atoms with E-state index in [4.69, 9.17) is 5.11 Å². The van der Waals surface area contributed by atoms with E-state index >= 15 is 0 Å². The van der Waals surface area contributed by atoms with Gasteiger partial charge in [0.2, 0.25) is 0 Å². The highest BCUT2D eigenvalue weighted by Crippen LogP contribution is 2.26. The Morgan fingerprint density at radius 2 is 1.81 bits per heavy atom. The van der Waals surface area contributed by atoms with E-state index in [1.165, 1.54) is 48.3 Å². The molecule has 7 nitrogen and oxygen atoms in total. The zero-order valence-electron chi connectivity index (χ0n) is 10.8. The number of carboxylic acids is 1. The number of nitro groups is 1. The van der Waals surface area contributed by atoms with E-state index in [1.807, 2.05) is 0 Å². The molecule has 0 spiro atoms. The van der Waals surface area contributed by atoms with E-state index in [9.17, 15) is 19.7 Å². The van der Waals surface area contributed by atoms with Gasteiger partial charge in [-0.25, -0.2) is 4.79 Å². The van der Waals surface area contributed by atoms with Crippen LogP contribution < -0.4 is 4.90 Å². The van der Waals surface area contributed by atoms with Crippen molar-refractivity contribution in [3.8, 4) is 0 Å². The molecule has 21 heavy (non-hydrogen) atoms. The quantitative estimate of drug-likeness (QED) is 0.691. The normalized spacial score (nSPS) is 10.1. The number of aromatic carboxylic acids is 1. The van der Waals surface area contributed by atoms with Crippen molar-refractivity contribution in [2.24, 2.45) is 0 Å². The molecule has 0 bridgehead atoms. The van der Waals surface area contributed by atoms with Gasteiger partial charge in [-0.3, -0.25) is 14.9 Å². The molecule has 0 aliphatic rings. The Morgan fingerprint density at radius 1 is 1.19 bits per heavy atom. The van der Waals surface area contributed by atoms with Crippen molar-refractivity contribution in [2.45, 2.75) is 0 Å². The van der Waals surface area contributed by atoms with Crippen molar-refractivity contribution >= 4 is 33.9 Å². The topological polar surface area (TPSA) is 101 Å². The van der Waals surface area contributed by atoms with Gasteiger partial charge in [0, 0.05) is 18.8 Å². The van der Waals surface area contributed by atoms with E-state index < -0.39 is 16.8 Å². The molecule has 1 amide bonds. The van der Waals surface area contributed by atoms with E-state index in [0.717, 1.165) is 11.3 Å². The van der Waals surface area contributed by atoms with Crippen LogP contribution in [0, 0.1) is 10.1 Å². The first-order valence-corrected chi connectivity index (χ1v) is 6.57. The van der Waals surface area contributed by atoms with Gasteiger partial charge in [-0.2, -0.15) is 0 Å². The zero-order valence-corrected chi connectivity index (χ0v) is 11.7. The number of carbonyl (C=O) groups excluding carboxylic acids is 1. The van der Waals surface area contributed by atoms with Gasteiger partial charge in [-0.05, 0) is 30.3 Å². The van der Waals surface area contributed by atoms with Crippen LogP contribution in [-0.4, -0.2) is 29.0 Å². The monoisotopic (exact) mass is 306 g/mol. The summed E-state index contributed by atoms with van der Waals surface area (Å²) in [5.74, 6) is -1.44. The van der Waals surface area contributed by atoms with Gasteiger partial charge < -0.3 is 10.0 Å². The van der Waals surface area contributed by atoms with E-state index in [2.05, 4.69) is 0 Å². The summed E-state index contributed by atoms with van der Waals surface area (Å²) in [6.07, 6.45) is 0. The minimum Gasteiger partial charge on any atom is -0.478 e. The number of thiophene rings is 1. The van der Waals surface area contributed by atoms with Crippen LogP contribution >= 0.6 is 11.3 Å². The summed E-state index contributed by atoms with van der Waals surface area (Å²) in [5, 5.41) is 19.3. The summed E-state index contributed by atoms with van der Waals surface area (Å²) >= 11 is 0.796. The Labute approximate surface area is 123 Å². The van der Waals surface area contributed by atoms with E-state index in [-0.39, 0.29) is 15.4 Å². The molecule has 0 aliphatic carbocycles. The van der Waals surface area contributed by atoms with E-state index in [1.54, 1.807) is 0 Å². The number of amides is 1. The SMILES string of the molecule is CN(C(=O)c1ccc([N+](=O)[O-])s1)c1ccc(C(=O)O)cc1. The molecular formula is C13H10N2O5S. The lowest BCUT2D eigenvalue weighted by Gasteiger charge is -2.16. The van der Waals surface area contributed by atoms with Gasteiger partial charge in [0.1, 0.15) is 0 Å². The van der Waals surface area contributed by atoms with Gasteiger partial charge >= 0.3 is 11.0 Å². The van der Waals surface area contributed by atoms with Crippen molar-refractivity contribution < 1.29 is 19.6 Å². The summed E-state index contributed by atoms with van der Waals surface area (Å²) in [6.45, 7) is 0. The largest absolute Gasteiger partial charge is 0.478 e. The number of hydrogen-bond donors (Lipinski definition) is 1.